The zero-order chi connectivity index (χ0) is 14.5. The number of carbonyl (C=O) groups is 1. The van der Waals surface area contributed by atoms with Crippen LogP contribution in [0.3, 0.4) is 0 Å². The molecule has 0 radical (unpaired) electrons. The normalized spacial score (nSPS) is 10.3. The fourth-order valence-corrected chi connectivity index (χ4v) is 2.30. The molecule has 2 nitrogen and oxygen atoms in total. The first-order valence-electron chi connectivity index (χ1n) is 6.39. The smallest absolute Gasteiger partial charge is 0.182 e. The average molecular weight is 383 g/mol. The van der Waals surface area contributed by atoms with Gasteiger partial charge in [-0.25, -0.2) is 4.39 Å². The number of nitrogens with zero attached hydrogens (tertiary/aromatic N) is 1. The Kier molecular flexibility index (Phi) is 5.11. The van der Waals surface area contributed by atoms with E-state index >= 15 is 0 Å². The summed E-state index contributed by atoms with van der Waals surface area (Å²) in [7, 11) is 0. The second-order valence-corrected chi connectivity index (χ2v) is 5.67. The Balaban J connectivity index is 2.11. The molecule has 0 heterocycles. The first-order chi connectivity index (χ1) is 9.60. The van der Waals surface area contributed by atoms with Crippen LogP contribution in [0, 0.1) is 9.39 Å². The van der Waals surface area contributed by atoms with Gasteiger partial charge in [0.1, 0.15) is 5.82 Å². The molecule has 0 aliphatic carbocycles. The summed E-state index contributed by atoms with van der Waals surface area (Å²) < 4.78 is 14.0. The van der Waals surface area contributed by atoms with Gasteiger partial charge in [0, 0.05) is 21.4 Å². The summed E-state index contributed by atoms with van der Waals surface area (Å²) in [6.45, 7) is 2.97. The molecule has 2 aromatic rings. The molecule has 0 unspecified atom stereocenters. The molecule has 4 heteroatoms. The summed E-state index contributed by atoms with van der Waals surface area (Å²) in [5.41, 5.74) is 1.55. The van der Waals surface area contributed by atoms with E-state index in [1.165, 1.54) is 12.1 Å². The Labute approximate surface area is 131 Å². The van der Waals surface area contributed by atoms with Gasteiger partial charge >= 0.3 is 0 Å². The number of hydrogen-bond donors (Lipinski definition) is 0. The van der Waals surface area contributed by atoms with E-state index in [1.54, 1.807) is 12.1 Å². The van der Waals surface area contributed by atoms with Gasteiger partial charge in [-0.2, -0.15) is 0 Å². The maximum Gasteiger partial charge on any atom is 0.182 e. The highest BCUT2D eigenvalue weighted by Gasteiger charge is 2.12. The van der Waals surface area contributed by atoms with Crippen molar-refractivity contribution >= 4 is 34.1 Å². The van der Waals surface area contributed by atoms with E-state index in [-0.39, 0.29) is 11.6 Å². The van der Waals surface area contributed by atoms with Gasteiger partial charge in [0.2, 0.25) is 0 Å². The first-order valence-corrected chi connectivity index (χ1v) is 7.47. The van der Waals surface area contributed by atoms with E-state index in [9.17, 15) is 9.18 Å². The molecule has 0 spiro atoms. The monoisotopic (exact) mass is 383 g/mol. The predicted molar refractivity (Wildman–Crippen MR) is 87.8 cm³/mol. The van der Waals surface area contributed by atoms with Crippen LogP contribution < -0.4 is 4.90 Å². The number of Topliss-reactive ketones (excluding diaryl/α,β-unsaturated/α-hetero) is 1. The fourth-order valence-electron chi connectivity index (χ4n) is 1.94. The van der Waals surface area contributed by atoms with Crippen LogP contribution in [0.15, 0.2) is 48.5 Å². The maximum atomic E-state index is 12.9. The van der Waals surface area contributed by atoms with Crippen LogP contribution in [0.4, 0.5) is 10.1 Å². The number of rotatable bonds is 5. The molecule has 2 aromatic carbocycles. The van der Waals surface area contributed by atoms with Crippen LogP contribution in [0.25, 0.3) is 0 Å². The molecule has 0 saturated heterocycles. The van der Waals surface area contributed by atoms with Gasteiger partial charge in [-0.15, -0.1) is 0 Å². The molecule has 0 amide bonds. The van der Waals surface area contributed by atoms with Crippen LogP contribution in [0.2, 0.25) is 0 Å². The second kappa shape index (κ2) is 6.83. The minimum atomic E-state index is -0.270. The van der Waals surface area contributed by atoms with Crippen molar-refractivity contribution in [2.75, 3.05) is 18.0 Å². The van der Waals surface area contributed by atoms with Gasteiger partial charge < -0.3 is 4.90 Å². The van der Waals surface area contributed by atoms with Crippen molar-refractivity contribution in [3.05, 3.63) is 63.5 Å². The zero-order valence-electron chi connectivity index (χ0n) is 11.1. The highest BCUT2D eigenvalue weighted by molar-refractivity contribution is 14.1. The highest BCUT2D eigenvalue weighted by Crippen LogP contribution is 2.16. The minimum Gasteiger partial charge on any atom is -0.364 e. The molecule has 0 bridgehead atoms. The minimum absolute atomic E-state index is 0.0626. The predicted octanol–water partition coefficient (Wildman–Crippen LogP) is 4.14. The van der Waals surface area contributed by atoms with Crippen molar-refractivity contribution in [2.45, 2.75) is 6.92 Å². The number of halogens is 2. The fraction of sp³-hybridized carbons (Fsp3) is 0.188. The molecule has 0 fully saturated rings. The van der Waals surface area contributed by atoms with Crippen LogP contribution in [-0.4, -0.2) is 18.9 Å². The molecule has 2 rings (SSSR count). The van der Waals surface area contributed by atoms with Crippen molar-refractivity contribution in [3.63, 3.8) is 0 Å². The lowest BCUT2D eigenvalue weighted by Crippen LogP contribution is -2.29. The summed E-state index contributed by atoms with van der Waals surface area (Å²) in [5.74, 6) is -0.207. The maximum absolute atomic E-state index is 12.9. The zero-order valence-corrected chi connectivity index (χ0v) is 13.3. The first kappa shape index (κ1) is 15.0. The lowest BCUT2D eigenvalue weighted by atomic mass is 10.1. The highest BCUT2D eigenvalue weighted by atomic mass is 127. The summed E-state index contributed by atoms with van der Waals surface area (Å²) >= 11 is 2.21. The third-order valence-corrected chi connectivity index (χ3v) is 3.79. The van der Waals surface area contributed by atoms with Gasteiger partial charge in [-0.3, -0.25) is 4.79 Å². The van der Waals surface area contributed by atoms with Crippen molar-refractivity contribution in [1.29, 1.82) is 0 Å². The van der Waals surface area contributed by atoms with Crippen molar-refractivity contribution in [3.8, 4) is 0 Å². The molecule has 0 aromatic heterocycles. The van der Waals surface area contributed by atoms with Gasteiger partial charge in [-0.1, -0.05) is 12.1 Å². The molecule has 0 aliphatic rings. The molecule has 0 aliphatic heterocycles. The number of likely N-dealkylation sites (N-methyl/N-ethyl adjacent to an activating group) is 1. The topological polar surface area (TPSA) is 20.3 Å². The van der Waals surface area contributed by atoms with E-state index in [2.05, 4.69) is 22.6 Å². The summed E-state index contributed by atoms with van der Waals surface area (Å²) in [5, 5.41) is 0. The summed E-state index contributed by atoms with van der Waals surface area (Å²) in [4.78, 5) is 14.2. The number of anilines is 1. The van der Waals surface area contributed by atoms with Crippen LogP contribution in [0.1, 0.15) is 17.3 Å². The number of carbonyl (C=O) groups excluding carboxylic acids is 1. The molecular weight excluding hydrogens is 368 g/mol. The lowest BCUT2D eigenvalue weighted by molar-refractivity contribution is 0.0999. The van der Waals surface area contributed by atoms with Crippen LogP contribution in [0.5, 0.6) is 0 Å². The number of ketones is 1. The summed E-state index contributed by atoms with van der Waals surface area (Å²) in [6.07, 6.45) is 0. The van der Waals surface area contributed by atoms with Gasteiger partial charge in [-0.05, 0) is 65.9 Å². The Morgan fingerprint density at radius 2 is 1.70 bits per heavy atom. The average Bonchev–Trinajstić information content (AvgIpc) is 2.46. The van der Waals surface area contributed by atoms with Crippen molar-refractivity contribution < 1.29 is 9.18 Å². The standard InChI is InChI=1S/C16H15FINO/c1-2-19(15-9-5-13(17)6-10-15)11-16(20)12-3-7-14(18)8-4-12/h3-10H,2,11H2,1H3. The van der Waals surface area contributed by atoms with Crippen LogP contribution >= 0.6 is 22.6 Å². The molecule has 20 heavy (non-hydrogen) atoms. The molecule has 104 valence electrons. The summed E-state index contributed by atoms with van der Waals surface area (Å²) in [6, 6.07) is 13.7. The molecule has 0 saturated carbocycles. The van der Waals surface area contributed by atoms with E-state index in [1.807, 2.05) is 36.1 Å². The second-order valence-electron chi connectivity index (χ2n) is 4.42. The van der Waals surface area contributed by atoms with Crippen molar-refractivity contribution in [1.82, 2.24) is 0 Å². The lowest BCUT2D eigenvalue weighted by Gasteiger charge is -2.22. The van der Waals surface area contributed by atoms with Crippen molar-refractivity contribution in [2.24, 2.45) is 0 Å². The molecular formula is C16H15FINO. The molecule has 0 N–H and O–H groups in total. The van der Waals surface area contributed by atoms with E-state index in [0.717, 1.165) is 9.26 Å². The molecule has 0 atom stereocenters. The van der Waals surface area contributed by atoms with E-state index < -0.39 is 0 Å². The third-order valence-electron chi connectivity index (χ3n) is 3.07. The van der Waals surface area contributed by atoms with Gasteiger partial charge in [0.15, 0.2) is 5.78 Å². The van der Waals surface area contributed by atoms with Gasteiger partial charge in [0.25, 0.3) is 0 Å². The Bertz CT molecular complexity index is 580. The Morgan fingerprint density at radius 1 is 1.10 bits per heavy atom. The Morgan fingerprint density at radius 3 is 2.25 bits per heavy atom. The number of hydrogen-bond acceptors (Lipinski definition) is 2. The Hall–Kier alpha value is -1.43. The SMILES string of the molecule is CCN(CC(=O)c1ccc(I)cc1)c1ccc(F)cc1. The quantitative estimate of drug-likeness (QED) is 0.572. The van der Waals surface area contributed by atoms with E-state index in [4.69, 9.17) is 0 Å². The van der Waals surface area contributed by atoms with Crippen LogP contribution in [-0.2, 0) is 0 Å². The largest absolute Gasteiger partial charge is 0.364 e. The van der Waals surface area contributed by atoms with E-state index in [0.29, 0.717) is 18.7 Å². The third kappa shape index (κ3) is 3.79. The van der Waals surface area contributed by atoms with Gasteiger partial charge in [0.05, 0.1) is 6.54 Å². The number of benzene rings is 2.